The summed E-state index contributed by atoms with van der Waals surface area (Å²) in [6.07, 6.45) is 1.46. The van der Waals surface area contributed by atoms with Crippen molar-refractivity contribution in [2.75, 3.05) is 36.9 Å². The molecule has 0 saturated carbocycles. The number of carbonyl (C=O) groups is 1. The number of aromatic carboxylic acids is 1. The van der Waals surface area contributed by atoms with Crippen molar-refractivity contribution in [3.63, 3.8) is 0 Å². The third-order valence-corrected chi connectivity index (χ3v) is 2.51. The molecule has 3 N–H and O–H groups in total. The van der Waals surface area contributed by atoms with Crippen LogP contribution in [0.1, 0.15) is 10.4 Å². The SMILES string of the molecule is Nc1c(C(=O)O)ccnc1N1CCOCC1. The summed E-state index contributed by atoms with van der Waals surface area (Å²) in [6.45, 7) is 2.58. The number of morpholine rings is 1. The Bertz CT molecular complexity index is 402. The standard InChI is InChI=1S/C10H13N3O3/c11-8-7(10(14)15)1-2-12-9(8)13-3-5-16-6-4-13/h1-2H,3-6,11H2,(H,14,15). The summed E-state index contributed by atoms with van der Waals surface area (Å²) in [6, 6.07) is 1.40. The highest BCUT2D eigenvalue weighted by molar-refractivity contribution is 5.96. The number of pyridine rings is 1. The molecule has 1 aromatic heterocycles. The molecule has 0 aromatic carbocycles. The van der Waals surface area contributed by atoms with Gasteiger partial charge in [0.25, 0.3) is 0 Å². The molecule has 0 unspecified atom stereocenters. The summed E-state index contributed by atoms with van der Waals surface area (Å²) in [5, 5.41) is 8.94. The van der Waals surface area contributed by atoms with Gasteiger partial charge in [0, 0.05) is 19.3 Å². The molecule has 1 aromatic rings. The third-order valence-electron chi connectivity index (χ3n) is 2.51. The number of aromatic nitrogens is 1. The molecule has 0 spiro atoms. The summed E-state index contributed by atoms with van der Waals surface area (Å²) in [7, 11) is 0. The normalized spacial score (nSPS) is 16.1. The monoisotopic (exact) mass is 223 g/mol. The Balaban J connectivity index is 2.33. The first-order valence-corrected chi connectivity index (χ1v) is 5.00. The van der Waals surface area contributed by atoms with Gasteiger partial charge in [-0.3, -0.25) is 0 Å². The second-order valence-electron chi connectivity index (χ2n) is 3.50. The lowest BCUT2D eigenvalue weighted by Gasteiger charge is -2.28. The minimum Gasteiger partial charge on any atom is -0.478 e. The molecule has 16 heavy (non-hydrogen) atoms. The van der Waals surface area contributed by atoms with E-state index in [0.29, 0.717) is 32.1 Å². The van der Waals surface area contributed by atoms with Gasteiger partial charge < -0.3 is 20.5 Å². The van der Waals surface area contributed by atoms with Crippen molar-refractivity contribution in [2.45, 2.75) is 0 Å². The smallest absolute Gasteiger partial charge is 0.337 e. The molecule has 1 fully saturated rings. The van der Waals surface area contributed by atoms with Crippen molar-refractivity contribution in [3.05, 3.63) is 17.8 Å². The molecule has 1 saturated heterocycles. The summed E-state index contributed by atoms with van der Waals surface area (Å²) in [5.41, 5.74) is 6.10. The quantitative estimate of drug-likeness (QED) is 0.744. The van der Waals surface area contributed by atoms with Crippen LogP contribution < -0.4 is 10.6 Å². The molecular weight excluding hydrogens is 210 g/mol. The van der Waals surface area contributed by atoms with Gasteiger partial charge in [0.1, 0.15) is 0 Å². The Labute approximate surface area is 92.6 Å². The Morgan fingerprint density at radius 1 is 1.50 bits per heavy atom. The number of hydrogen-bond acceptors (Lipinski definition) is 5. The lowest BCUT2D eigenvalue weighted by Crippen LogP contribution is -2.37. The lowest BCUT2D eigenvalue weighted by atomic mass is 10.2. The van der Waals surface area contributed by atoms with Crippen LogP contribution in [0.4, 0.5) is 11.5 Å². The second kappa shape index (κ2) is 4.36. The van der Waals surface area contributed by atoms with E-state index in [1.54, 1.807) is 0 Å². The zero-order valence-electron chi connectivity index (χ0n) is 8.72. The highest BCUT2D eigenvalue weighted by Gasteiger charge is 2.18. The van der Waals surface area contributed by atoms with E-state index < -0.39 is 5.97 Å². The van der Waals surface area contributed by atoms with Gasteiger partial charge in [0.15, 0.2) is 5.82 Å². The Kier molecular flexibility index (Phi) is 2.91. The minimum absolute atomic E-state index is 0.0940. The molecule has 0 radical (unpaired) electrons. The van der Waals surface area contributed by atoms with Crippen molar-refractivity contribution in [3.8, 4) is 0 Å². The van der Waals surface area contributed by atoms with E-state index in [1.807, 2.05) is 4.90 Å². The van der Waals surface area contributed by atoms with Crippen LogP contribution in [-0.2, 0) is 4.74 Å². The minimum atomic E-state index is -1.03. The van der Waals surface area contributed by atoms with Crippen LogP contribution in [0.3, 0.4) is 0 Å². The van der Waals surface area contributed by atoms with Crippen LogP contribution in [0, 0.1) is 0 Å². The number of carboxylic acid groups (broad SMARTS) is 1. The Morgan fingerprint density at radius 2 is 2.19 bits per heavy atom. The van der Waals surface area contributed by atoms with E-state index in [2.05, 4.69) is 4.98 Å². The lowest BCUT2D eigenvalue weighted by molar-refractivity contribution is 0.0698. The average Bonchev–Trinajstić information content (AvgIpc) is 2.30. The number of ether oxygens (including phenoxy) is 1. The second-order valence-corrected chi connectivity index (χ2v) is 3.50. The molecule has 1 aliphatic heterocycles. The molecule has 0 aliphatic carbocycles. The maximum absolute atomic E-state index is 10.9. The molecule has 0 atom stereocenters. The average molecular weight is 223 g/mol. The molecule has 86 valence electrons. The molecule has 6 heteroatoms. The van der Waals surface area contributed by atoms with Gasteiger partial charge in [-0.25, -0.2) is 9.78 Å². The molecule has 0 amide bonds. The van der Waals surface area contributed by atoms with Crippen molar-refractivity contribution in [2.24, 2.45) is 0 Å². The van der Waals surface area contributed by atoms with E-state index in [9.17, 15) is 4.79 Å². The van der Waals surface area contributed by atoms with E-state index in [0.717, 1.165) is 0 Å². The molecule has 2 heterocycles. The van der Waals surface area contributed by atoms with Crippen LogP contribution in [0.2, 0.25) is 0 Å². The fourth-order valence-corrected chi connectivity index (χ4v) is 1.68. The fourth-order valence-electron chi connectivity index (χ4n) is 1.68. The zero-order valence-corrected chi connectivity index (χ0v) is 8.72. The molecule has 6 nitrogen and oxygen atoms in total. The number of carboxylic acids is 1. The number of hydrogen-bond donors (Lipinski definition) is 2. The highest BCUT2D eigenvalue weighted by atomic mass is 16.5. The van der Waals surface area contributed by atoms with Gasteiger partial charge in [0.2, 0.25) is 0 Å². The molecular formula is C10H13N3O3. The van der Waals surface area contributed by atoms with Crippen LogP contribution in [0.25, 0.3) is 0 Å². The van der Waals surface area contributed by atoms with Crippen molar-refractivity contribution < 1.29 is 14.6 Å². The Hall–Kier alpha value is -1.82. The van der Waals surface area contributed by atoms with Gasteiger partial charge in [-0.15, -0.1) is 0 Å². The first-order valence-electron chi connectivity index (χ1n) is 5.00. The van der Waals surface area contributed by atoms with Crippen LogP contribution >= 0.6 is 0 Å². The van der Waals surface area contributed by atoms with E-state index >= 15 is 0 Å². The number of anilines is 2. The first-order chi connectivity index (χ1) is 7.70. The summed E-state index contributed by atoms with van der Waals surface area (Å²) < 4.78 is 5.21. The number of nitrogen functional groups attached to an aromatic ring is 1. The van der Waals surface area contributed by atoms with Crippen molar-refractivity contribution in [1.82, 2.24) is 4.98 Å². The Morgan fingerprint density at radius 3 is 2.81 bits per heavy atom. The number of nitrogens with two attached hydrogens (primary N) is 1. The van der Waals surface area contributed by atoms with Gasteiger partial charge in [-0.05, 0) is 6.07 Å². The van der Waals surface area contributed by atoms with E-state index in [1.165, 1.54) is 12.3 Å². The van der Waals surface area contributed by atoms with Crippen molar-refractivity contribution in [1.29, 1.82) is 0 Å². The predicted molar refractivity (Wildman–Crippen MR) is 58.6 cm³/mol. The molecule has 0 bridgehead atoms. The third kappa shape index (κ3) is 1.92. The predicted octanol–water partition coefficient (Wildman–Crippen LogP) is 0.199. The van der Waals surface area contributed by atoms with Gasteiger partial charge in [0.05, 0.1) is 24.5 Å². The fraction of sp³-hybridized carbons (Fsp3) is 0.400. The van der Waals surface area contributed by atoms with E-state index in [4.69, 9.17) is 15.6 Å². The number of nitrogens with zero attached hydrogens (tertiary/aromatic N) is 2. The maximum atomic E-state index is 10.9. The van der Waals surface area contributed by atoms with Gasteiger partial charge >= 0.3 is 5.97 Å². The van der Waals surface area contributed by atoms with Crippen LogP contribution in [-0.4, -0.2) is 42.4 Å². The zero-order chi connectivity index (χ0) is 11.5. The maximum Gasteiger partial charge on any atom is 0.337 e. The highest BCUT2D eigenvalue weighted by Crippen LogP contribution is 2.24. The van der Waals surface area contributed by atoms with E-state index in [-0.39, 0.29) is 11.3 Å². The summed E-state index contributed by atoms with van der Waals surface area (Å²) >= 11 is 0. The van der Waals surface area contributed by atoms with Gasteiger partial charge in [-0.2, -0.15) is 0 Å². The molecule has 1 aliphatic rings. The summed E-state index contributed by atoms with van der Waals surface area (Å²) in [5.74, 6) is -0.502. The van der Waals surface area contributed by atoms with Crippen molar-refractivity contribution >= 4 is 17.5 Å². The summed E-state index contributed by atoms with van der Waals surface area (Å²) in [4.78, 5) is 17.0. The van der Waals surface area contributed by atoms with Crippen LogP contribution in [0.5, 0.6) is 0 Å². The largest absolute Gasteiger partial charge is 0.478 e. The van der Waals surface area contributed by atoms with Crippen LogP contribution in [0.15, 0.2) is 12.3 Å². The number of rotatable bonds is 2. The molecule has 2 rings (SSSR count). The first kappa shape index (κ1) is 10.7. The van der Waals surface area contributed by atoms with Gasteiger partial charge in [-0.1, -0.05) is 0 Å². The topological polar surface area (TPSA) is 88.7 Å².